The van der Waals surface area contributed by atoms with E-state index in [9.17, 15) is 0 Å². The minimum atomic E-state index is 0.256. The van der Waals surface area contributed by atoms with Gasteiger partial charge in [-0.05, 0) is 24.8 Å². The molecule has 0 bridgehead atoms. The van der Waals surface area contributed by atoms with Crippen molar-refractivity contribution in [3.05, 3.63) is 36.0 Å². The lowest BCUT2D eigenvalue weighted by atomic mass is 10.1. The maximum absolute atomic E-state index is 5.98. The summed E-state index contributed by atoms with van der Waals surface area (Å²) < 4.78 is 5.60. The zero-order chi connectivity index (χ0) is 14.5. The summed E-state index contributed by atoms with van der Waals surface area (Å²) in [5, 5.41) is 2.31. The zero-order valence-corrected chi connectivity index (χ0v) is 13.0. The summed E-state index contributed by atoms with van der Waals surface area (Å²) in [5.74, 6) is 1.45. The molecule has 0 atom stereocenters. The van der Waals surface area contributed by atoms with Gasteiger partial charge in [-0.25, -0.2) is 4.98 Å². The van der Waals surface area contributed by atoms with Crippen molar-refractivity contribution in [3.63, 3.8) is 0 Å². The van der Waals surface area contributed by atoms with Gasteiger partial charge in [-0.2, -0.15) is 0 Å². The van der Waals surface area contributed by atoms with Crippen LogP contribution in [0.2, 0.25) is 0 Å². The van der Waals surface area contributed by atoms with Crippen LogP contribution in [0, 0.1) is 0 Å². The lowest BCUT2D eigenvalue weighted by Gasteiger charge is -2.21. The molecular weight excluding hydrogens is 272 g/mol. The van der Waals surface area contributed by atoms with Crippen molar-refractivity contribution < 1.29 is 4.74 Å². The molecule has 0 aliphatic carbocycles. The summed E-state index contributed by atoms with van der Waals surface area (Å²) in [6, 6.07) is 8.25. The largest absolute Gasteiger partial charge is 0.377 e. The number of anilines is 1. The summed E-state index contributed by atoms with van der Waals surface area (Å²) in [6.45, 7) is 5.60. The molecule has 0 radical (unpaired) electrons. The van der Waals surface area contributed by atoms with Crippen molar-refractivity contribution in [2.24, 2.45) is 0 Å². The van der Waals surface area contributed by atoms with Gasteiger partial charge in [0, 0.05) is 31.1 Å². The Morgan fingerprint density at radius 3 is 2.60 bits per heavy atom. The Hall–Kier alpha value is -1.32. The lowest BCUT2D eigenvalue weighted by Crippen LogP contribution is -2.25. The number of aromatic nitrogens is 1. The lowest BCUT2D eigenvalue weighted by molar-refractivity contribution is 0.0845. The van der Waals surface area contributed by atoms with Gasteiger partial charge in [0.1, 0.15) is 5.82 Å². The third-order valence-electron chi connectivity index (χ3n) is 3.24. The molecule has 0 amide bonds. The second-order valence-corrected chi connectivity index (χ2v) is 5.39. The fourth-order valence-corrected chi connectivity index (χ4v) is 2.39. The highest BCUT2D eigenvalue weighted by atomic mass is 35.5. The van der Waals surface area contributed by atoms with Gasteiger partial charge in [0.15, 0.2) is 0 Å². The number of benzene rings is 1. The highest BCUT2D eigenvalue weighted by Gasteiger charge is 2.10. The van der Waals surface area contributed by atoms with Crippen LogP contribution >= 0.6 is 11.6 Å². The van der Waals surface area contributed by atoms with E-state index in [4.69, 9.17) is 16.3 Å². The fraction of sp³-hybridized carbons (Fsp3) is 0.438. The molecule has 0 aliphatic rings. The average Bonchev–Trinajstić information content (AvgIpc) is 2.45. The summed E-state index contributed by atoms with van der Waals surface area (Å²) in [7, 11) is 2.04. The third kappa shape index (κ3) is 3.41. The van der Waals surface area contributed by atoms with Crippen molar-refractivity contribution in [2.75, 3.05) is 25.1 Å². The minimum Gasteiger partial charge on any atom is -0.377 e. The number of rotatable bonds is 6. The van der Waals surface area contributed by atoms with Crippen LogP contribution in [0.25, 0.3) is 10.8 Å². The van der Waals surface area contributed by atoms with Crippen LogP contribution in [0.5, 0.6) is 0 Å². The number of hydrogen-bond acceptors (Lipinski definition) is 3. The Morgan fingerprint density at radius 2 is 1.95 bits per heavy atom. The maximum Gasteiger partial charge on any atom is 0.136 e. The molecule has 20 heavy (non-hydrogen) atoms. The van der Waals surface area contributed by atoms with E-state index >= 15 is 0 Å². The summed E-state index contributed by atoms with van der Waals surface area (Å²) in [4.78, 5) is 6.69. The quantitative estimate of drug-likeness (QED) is 0.757. The highest BCUT2D eigenvalue weighted by Crippen LogP contribution is 2.27. The van der Waals surface area contributed by atoms with Gasteiger partial charge in [0.2, 0.25) is 0 Å². The van der Waals surface area contributed by atoms with E-state index in [1.54, 1.807) is 0 Å². The number of alkyl halides is 1. The first-order valence-electron chi connectivity index (χ1n) is 6.88. The molecule has 1 aromatic carbocycles. The predicted molar refractivity (Wildman–Crippen MR) is 85.7 cm³/mol. The van der Waals surface area contributed by atoms with E-state index in [0.717, 1.165) is 23.3 Å². The number of likely N-dealkylation sites (N-methyl/N-ethyl adjacent to an activating group) is 1. The Labute approximate surface area is 125 Å². The normalized spacial score (nSPS) is 11.2. The topological polar surface area (TPSA) is 25.4 Å². The number of nitrogens with zero attached hydrogens (tertiary/aromatic N) is 2. The van der Waals surface area contributed by atoms with Crippen LogP contribution in [0.1, 0.15) is 19.4 Å². The first kappa shape index (κ1) is 15.1. The number of fused-ring (bicyclic) bond motifs is 1. The molecule has 3 nitrogen and oxygen atoms in total. The molecular formula is C16H21ClN2O. The van der Waals surface area contributed by atoms with Crippen LogP contribution in [0.15, 0.2) is 30.5 Å². The Kier molecular flexibility index (Phi) is 5.21. The fourth-order valence-electron chi connectivity index (χ4n) is 2.18. The SMILES string of the molecule is CC(C)OCCN(C)c1ncc(CCl)c2ccccc12. The monoisotopic (exact) mass is 292 g/mol. The number of hydrogen-bond donors (Lipinski definition) is 0. The van der Waals surface area contributed by atoms with Crippen molar-refractivity contribution >= 4 is 28.2 Å². The molecule has 0 saturated carbocycles. The first-order chi connectivity index (χ1) is 9.63. The molecule has 0 unspecified atom stereocenters. The van der Waals surface area contributed by atoms with E-state index < -0.39 is 0 Å². The highest BCUT2D eigenvalue weighted by molar-refractivity contribution is 6.18. The molecule has 2 aromatic rings. The van der Waals surface area contributed by atoms with Gasteiger partial charge in [-0.1, -0.05) is 24.3 Å². The van der Waals surface area contributed by atoms with Crippen molar-refractivity contribution in [1.82, 2.24) is 4.98 Å². The van der Waals surface area contributed by atoms with Crippen molar-refractivity contribution in [1.29, 1.82) is 0 Å². The Balaban J connectivity index is 2.26. The molecule has 0 aliphatic heterocycles. The molecule has 2 rings (SSSR count). The summed E-state index contributed by atoms with van der Waals surface area (Å²) in [6.07, 6.45) is 2.12. The van der Waals surface area contributed by atoms with Crippen LogP contribution in [-0.2, 0) is 10.6 Å². The van der Waals surface area contributed by atoms with Crippen LogP contribution in [-0.4, -0.2) is 31.3 Å². The smallest absolute Gasteiger partial charge is 0.136 e. The average molecular weight is 293 g/mol. The third-order valence-corrected chi connectivity index (χ3v) is 3.53. The minimum absolute atomic E-state index is 0.256. The van der Waals surface area contributed by atoms with Crippen LogP contribution in [0.3, 0.4) is 0 Å². The van der Waals surface area contributed by atoms with E-state index in [2.05, 4.69) is 22.0 Å². The standard InChI is InChI=1S/C16H21ClN2O/c1-12(2)20-9-8-19(3)16-15-7-5-4-6-14(15)13(10-17)11-18-16/h4-7,11-12H,8-10H2,1-3H3. The number of halogens is 1. The molecule has 0 spiro atoms. The Morgan fingerprint density at radius 1 is 1.25 bits per heavy atom. The number of pyridine rings is 1. The van der Waals surface area contributed by atoms with Gasteiger partial charge in [0.25, 0.3) is 0 Å². The van der Waals surface area contributed by atoms with Gasteiger partial charge < -0.3 is 9.64 Å². The van der Waals surface area contributed by atoms with E-state index in [1.807, 2.05) is 39.2 Å². The summed E-state index contributed by atoms with van der Waals surface area (Å²) in [5.41, 5.74) is 1.07. The second kappa shape index (κ2) is 6.91. The molecule has 1 aromatic heterocycles. The number of ether oxygens (including phenoxy) is 1. The van der Waals surface area contributed by atoms with Gasteiger partial charge in [0.05, 0.1) is 12.7 Å². The van der Waals surface area contributed by atoms with E-state index in [1.165, 1.54) is 5.39 Å². The maximum atomic E-state index is 5.98. The Bertz CT molecular complexity index is 571. The van der Waals surface area contributed by atoms with E-state index in [-0.39, 0.29) is 6.10 Å². The second-order valence-electron chi connectivity index (χ2n) is 5.13. The molecule has 4 heteroatoms. The molecule has 108 valence electrons. The van der Waals surface area contributed by atoms with Gasteiger partial charge in [-0.15, -0.1) is 11.6 Å². The predicted octanol–water partition coefficient (Wildman–Crippen LogP) is 3.83. The molecule has 0 N–H and O–H groups in total. The summed E-state index contributed by atoms with van der Waals surface area (Å²) >= 11 is 5.98. The van der Waals surface area contributed by atoms with E-state index in [0.29, 0.717) is 12.5 Å². The molecule has 0 fully saturated rings. The molecule has 0 saturated heterocycles. The van der Waals surface area contributed by atoms with Gasteiger partial charge >= 0.3 is 0 Å². The van der Waals surface area contributed by atoms with Gasteiger partial charge in [-0.3, -0.25) is 0 Å². The first-order valence-corrected chi connectivity index (χ1v) is 7.42. The zero-order valence-electron chi connectivity index (χ0n) is 12.3. The van der Waals surface area contributed by atoms with Crippen LogP contribution in [0.4, 0.5) is 5.82 Å². The van der Waals surface area contributed by atoms with Crippen LogP contribution < -0.4 is 4.90 Å². The van der Waals surface area contributed by atoms with Crippen molar-refractivity contribution in [3.8, 4) is 0 Å². The molecule has 1 heterocycles. The van der Waals surface area contributed by atoms with Crippen molar-refractivity contribution in [2.45, 2.75) is 25.8 Å².